The van der Waals surface area contributed by atoms with Crippen LogP contribution in [0.4, 0.5) is 0 Å². The first-order valence-corrected chi connectivity index (χ1v) is 19.3. The number of hydrogen-bond acceptors (Lipinski definition) is 24. The monoisotopic (exact) mass is 878 g/mol. The number of nitrogens with one attached hydrogen (secondary N) is 2. The Morgan fingerprint density at radius 2 is 0.883 bits per heavy atom. The highest BCUT2D eigenvalue weighted by Gasteiger charge is 2.55. The highest BCUT2D eigenvalue weighted by molar-refractivity contribution is 5.73. The summed E-state index contributed by atoms with van der Waals surface area (Å²) in [6.45, 7) is 2.46. The van der Waals surface area contributed by atoms with Gasteiger partial charge in [0.25, 0.3) is 0 Å². The number of aliphatic hydroxyl groups is 13. The lowest BCUT2D eigenvalue weighted by Gasteiger charge is -2.49. The van der Waals surface area contributed by atoms with Gasteiger partial charge in [-0.1, -0.05) is 0 Å². The van der Waals surface area contributed by atoms with Crippen LogP contribution in [-0.2, 0) is 52.2 Å². The summed E-state index contributed by atoms with van der Waals surface area (Å²) in [5.74, 6) is -1.44. The van der Waals surface area contributed by atoms with Crippen molar-refractivity contribution in [1.82, 2.24) is 10.6 Å². The maximum Gasteiger partial charge on any atom is 0.217 e. The van der Waals surface area contributed by atoms with Gasteiger partial charge in [-0.25, -0.2) is 0 Å². The van der Waals surface area contributed by atoms with Gasteiger partial charge >= 0.3 is 0 Å². The molecule has 60 heavy (non-hydrogen) atoms. The average molecular weight is 879 g/mol. The van der Waals surface area contributed by atoms with Gasteiger partial charge in [0.1, 0.15) is 110 Å². The summed E-state index contributed by atoms with van der Waals surface area (Å²) in [7, 11) is 0. The van der Waals surface area contributed by atoms with Gasteiger partial charge in [-0.2, -0.15) is 0 Å². The molecule has 0 aliphatic carbocycles. The van der Waals surface area contributed by atoms with Crippen molar-refractivity contribution in [2.75, 3.05) is 19.8 Å². The molecule has 1 unspecified atom stereocenters. The van der Waals surface area contributed by atoms with Crippen LogP contribution in [0.3, 0.4) is 0 Å². The standard InChI is InChI=1S/C34H58N2O24/c1-8-17(41)22(46)25(49)33(53-8)58-27-15(35-10(3)39)31(56-12(5-37)20(27)44)52-7-14-19(43)24(48)29(30(51)55-14)60-32-16(36-11(4)40)28(21(45)13(6-38)57-32)59-34-26(50)23(47)18(42)9(2)54-34/h8-9,12-34,37-38,41-51H,5-7H2,1-4H3,(H,35,39)(H,36,40)/t8-,9-,12+,13+,14+,15+,16+,17+,18+,19+,20+,21+,22+,23+,24-,25-,26-,27+,28+,29-,30?,31+,32-,33-,34-/m0/s1. The lowest BCUT2D eigenvalue weighted by Crippen LogP contribution is -2.69. The van der Waals surface area contributed by atoms with Crippen LogP contribution in [0.15, 0.2) is 0 Å². The number of hydrogen-bond donors (Lipinski definition) is 15. The molecule has 5 aliphatic heterocycles. The van der Waals surface area contributed by atoms with Gasteiger partial charge in [0.2, 0.25) is 11.8 Å². The zero-order chi connectivity index (χ0) is 44.5. The Hall–Kier alpha value is -1.94. The van der Waals surface area contributed by atoms with Gasteiger partial charge < -0.3 is 120 Å². The Morgan fingerprint density at radius 1 is 0.467 bits per heavy atom. The molecule has 348 valence electrons. The van der Waals surface area contributed by atoms with Crippen molar-refractivity contribution in [3.8, 4) is 0 Å². The molecule has 5 fully saturated rings. The summed E-state index contributed by atoms with van der Waals surface area (Å²) < 4.78 is 51.1. The number of rotatable bonds is 13. The van der Waals surface area contributed by atoms with Gasteiger partial charge in [0.15, 0.2) is 31.5 Å². The predicted octanol–water partition coefficient (Wildman–Crippen LogP) is -9.58. The summed E-state index contributed by atoms with van der Waals surface area (Å²) in [6.07, 6.45) is -38.5. The van der Waals surface area contributed by atoms with E-state index in [0.717, 1.165) is 13.8 Å². The van der Waals surface area contributed by atoms with Crippen LogP contribution in [0.1, 0.15) is 27.7 Å². The van der Waals surface area contributed by atoms with Crippen LogP contribution in [0.2, 0.25) is 0 Å². The molecule has 0 aromatic heterocycles. The zero-order valence-corrected chi connectivity index (χ0v) is 32.9. The topological polar surface area (TPSA) is 404 Å². The molecule has 25 atom stereocenters. The smallest absolute Gasteiger partial charge is 0.217 e. The van der Waals surface area contributed by atoms with Crippen LogP contribution >= 0.6 is 0 Å². The van der Waals surface area contributed by atoms with E-state index in [1.54, 1.807) is 0 Å². The number of amides is 2. The Bertz CT molecular complexity index is 1400. The van der Waals surface area contributed by atoms with Crippen molar-refractivity contribution in [1.29, 1.82) is 0 Å². The second-order valence-corrected chi connectivity index (χ2v) is 15.4. The van der Waals surface area contributed by atoms with E-state index in [0.29, 0.717) is 0 Å². The molecule has 15 N–H and O–H groups in total. The van der Waals surface area contributed by atoms with Crippen molar-refractivity contribution in [3.63, 3.8) is 0 Å². The maximum absolute atomic E-state index is 12.3. The minimum absolute atomic E-state index is 0.700. The molecule has 5 heterocycles. The van der Waals surface area contributed by atoms with Crippen molar-refractivity contribution in [2.24, 2.45) is 0 Å². The summed E-state index contributed by atoms with van der Waals surface area (Å²) in [6, 6.07) is -3.03. The van der Waals surface area contributed by atoms with Gasteiger partial charge in [-0.15, -0.1) is 0 Å². The van der Waals surface area contributed by atoms with Gasteiger partial charge in [0.05, 0.1) is 32.0 Å². The highest BCUT2D eigenvalue weighted by atomic mass is 16.8. The van der Waals surface area contributed by atoms with Gasteiger partial charge in [-0.05, 0) is 13.8 Å². The Balaban J connectivity index is 1.30. The molecule has 0 radical (unpaired) electrons. The van der Waals surface area contributed by atoms with Crippen LogP contribution in [0, 0.1) is 0 Å². The first-order chi connectivity index (χ1) is 28.2. The summed E-state index contributed by atoms with van der Waals surface area (Å²) in [5.41, 5.74) is 0. The molecule has 0 bridgehead atoms. The first-order valence-electron chi connectivity index (χ1n) is 19.3. The second kappa shape index (κ2) is 20.7. The van der Waals surface area contributed by atoms with Crippen molar-refractivity contribution in [2.45, 2.75) is 181 Å². The molecule has 0 aromatic carbocycles. The molecule has 0 spiro atoms. The molecule has 0 aromatic rings. The molecule has 5 rings (SSSR count). The van der Waals surface area contributed by atoms with E-state index in [2.05, 4.69) is 10.6 Å². The largest absolute Gasteiger partial charge is 0.394 e. The van der Waals surface area contributed by atoms with E-state index in [9.17, 15) is 76.0 Å². The SMILES string of the molecule is CC(=O)N[C@H]1[C@H](OC[C@H]2OC(O)[C@@H](O[C@@H]3O[C@H](CO)[C@@H](O)[C@H](O[C@@H]4O[C@@H](C)[C@@H](O)[C@@H](O)[C@@H]4O)[C@H]3NC(C)=O)[C@@H](O)[C@@H]2O)O[C@H](CO)[C@@H](O)[C@@H]1O[C@@H]1O[C@@H](C)[C@@H](O)[C@@H](O)[C@@H]1O. The van der Waals surface area contributed by atoms with Crippen LogP contribution in [-0.4, -0.2) is 251 Å². The van der Waals surface area contributed by atoms with Crippen molar-refractivity contribution >= 4 is 11.8 Å². The molecular formula is C34H58N2O24. The number of carbonyl (C=O) groups is 2. The van der Waals surface area contributed by atoms with Crippen LogP contribution in [0.5, 0.6) is 0 Å². The third-order valence-corrected chi connectivity index (χ3v) is 11.0. The molecule has 5 saturated heterocycles. The fourth-order valence-corrected chi connectivity index (χ4v) is 7.61. The lowest BCUT2D eigenvalue weighted by atomic mass is 9.94. The molecule has 5 aliphatic rings. The third kappa shape index (κ3) is 10.5. The summed E-state index contributed by atoms with van der Waals surface area (Å²) in [4.78, 5) is 24.7. The highest BCUT2D eigenvalue weighted by Crippen LogP contribution is 2.34. The van der Waals surface area contributed by atoms with Gasteiger partial charge in [0, 0.05) is 13.8 Å². The Labute approximate surface area is 342 Å². The molecule has 2 amide bonds. The van der Waals surface area contributed by atoms with E-state index >= 15 is 0 Å². The number of aliphatic hydroxyl groups excluding tert-OH is 13. The second-order valence-electron chi connectivity index (χ2n) is 15.4. The van der Waals surface area contributed by atoms with E-state index < -0.39 is 185 Å². The van der Waals surface area contributed by atoms with Crippen molar-refractivity contribution < 1.29 is 119 Å². The summed E-state index contributed by atoms with van der Waals surface area (Å²) >= 11 is 0. The normalized spacial score (nSPS) is 50.2. The van der Waals surface area contributed by atoms with Crippen molar-refractivity contribution in [3.05, 3.63) is 0 Å². The Kier molecular flexibility index (Phi) is 16.9. The minimum Gasteiger partial charge on any atom is -0.394 e. The fraction of sp³-hybridized carbons (Fsp3) is 0.941. The molecule has 26 heteroatoms. The first kappa shape index (κ1) is 49.1. The number of ether oxygens (including phenoxy) is 9. The molecule has 26 nitrogen and oxygen atoms in total. The van der Waals surface area contributed by atoms with E-state index in [1.807, 2.05) is 0 Å². The predicted molar refractivity (Wildman–Crippen MR) is 187 cm³/mol. The summed E-state index contributed by atoms with van der Waals surface area (Å²) in [5, 5.41) is 142. The fourth-order valence-electron chi connectivity index (χ4n) is 7.61. The van der Waals surface area contributed by atoms with E-state index in [-0.39, 0.29) is 0 Å². The third-order valence-electron chi connectivity index (χ3n) is 11.0. The minimum atomic E-state index is -2.12. The van der Waals surface area contributed by atoms with Crippen LogP contribution in [0.25, 0.3) is 0 Å². The van der Waals surface area contributed by atoms with E-state index in [1.165, 1.54) is 13.8 Å². The Morgan fingerprint density at radius 3 is 1.32 bits per heavy atom. The zero-order valence-electron chi connectivity index (χ0n) is 32.9. The molecular weight excluding hydrogens is 820 g/mol. The van der Waals surface area contributed by atoms with Gasteiger partial charge in [-0.3, -0.25) is 9.59 Å². The number of carbonyl (C=O) groups excluding carboxylic acids is 2. The maximum atomic E-state index is 12.3. The average Bonchev–Trinajstić information content (AvgIpc) is 3.19. The van der Waals surface area contributed by atoms with Crippen LogP contribution < -0.4 is 10.6 Å². The lowest BCUT2D eigenvalue weighted by molar-refractivity contribution is -0.369. The quantitative estimate of drug-likeness (QED) is 0.0817. The molecule has 0 saturated carbocycles. The van der Waals surface area contributed by atoms with E-state index in [4.69, 9.17) is 42.6 Å².